The molecule has 3 fully saturated rings. The van der Waals surface area contributed by atoms with Crippen molar-refractivity contribution in [3.8, 4) is 0 Å². The maximum atomic E-state index is 12.9. The predicted molar refractivity (Wildman–Crippen MR) is 101 cm³/mol. The normalized spacial score (nSPS) is 31.7. The van der Waals surface area contributed by atoms with Crippen LogP contribution in [0.15, 0.2) is 0 Å². The van der Waals surface area contributed by atoms with Crippen LogP contribution in [0.5, 0.6) is 0 Å². The Hall–Kier alpha value is -0.810. The van der Waals surface area contributed by atoms with Crippen molar-refractivity contribution >= 4 is 24.2 Å². The van der Waals surface area contributed by atoms with Gasteiger partial charge < -0.3 is 16.0 Å². The topological polar surface area (TPSA) is 75.4 Å². The van der Waals surface area contributed by atoms with E-state index in [2.05, 4.69) is 12.2 Å². The third kappa shape index (κ3) is 4.48. The van der Waals surface area contributed by atoms with Crippen LogP contribution < -0.4 is 11.1 Å². The number of amides is 2. The second kappa shape index (κ2) is 9.22. The molecule has 1 heterocycles. The molecule has 0 radical (unpaired) electrons. The molecule has 1 saturated heterocycles. The quantitative estimate of drug-likeness (QED) is 0.703. The van der Waals surface area contributed by atoms with Gasteiger partial charge in [0.05, 0.1) is 5.92 Å². The Morgan fingerprint density at radius 2 is 1.76 bits per heavy atom. The summed E-state index contributed by atoms with van der Waals surface area (Å²) in [5.41, 5.74) is 6.32. The molecule has 2 bridgehead atoms. The first kappa shape index (κ1) is 20.5. The molecule has 3 N–H and O–H groups in total. The van der Waals surface area contributed by atoms with Crippen LogP contribution in [0.3, 0.4) is 0 Å². The highest BCUT2D eigenvalue weighted by molar-refractivity contribution is 5.85. The number of carbonyl (C=O) groups excluding carboxylic acids is 2. The average molecular weight is 372 g/mol. The maximum absolute atomic E-state index is 12.9. The Labute approximate surface area is 157 Å². The second-order valence-electron chi connectivity index (χ2n) is 8.03. The summed E-state index contributed by atoms with van der Waals surface area (Å²) in [6, 6.07) is 0.0656. The SMILES string of the molecule is CCCCCNC(=O)C1CCN(C(=O)C2C3CCC(C3)C2N)CC1.Cl. The van der Waals surface area contributed by atoms with Crippen molar-refractivity contribution in [1.29, 1.82) is 0 Å². The highest BCUT2D eigenvalue weighted by atomic mass is 35.5. The number of hydrogen-bond acceptors (Lipinski definition) is 3. The van der Waals surface area contributed by atoms with Crippen LogP contribution in [0, 0.1) is 23.7 Å². The van der Waals surface area contributed by atoms with Gasteiger partial charge in [0, 0.05) is 31.6 Å². The van der Waals surface area contributed by atoms with Gasteiger partial charge in [0.25, 0.3) is 0 Å². The third-order valence-corrected chi connectivity index (χ3v) is 6.52. The summed E-state index contributed by atoms with van der Waals surface area (Å²) in [6.07, 6.45) is 8.50. The summed E-state index contributed by atoms with van der Waals surface area (Å²) >= 11 is 0. The zero-order valence-electron chi connectivity index (χ0n) is 15.4. The molecule has 2 amide bonds. The Kier molecular flexibility index (Phi) is 7.56. The largest absolute Gasteiger partial charge is 0.356 e. The minimum atomic E-state index is 0. The average Bonchev–Trinajstić information content (AvgIpc) is 3.19. The lowest BCUT2D eigenvalue weighted by atomic mass is 9.83. The minimum Gasteiger partial charge on any atom is -0.356 e. The van der Waals surface area contributed by atoms with E-state index in [1.807, 2.05) is 4.90 Å². The van der Waals surface area contributed by atoms with Gasteiger partial charge in [-0.1, -0.05) is 19.8 Å². The Morgan fingerprint density at radius 1 is 1.08 bits per heavy atom. The monoisotopic (exact) mass is 371 g/mol. The first-order valence-electron chi connectivity index (χ1n) is 9.94. The molecule has 2 saturated carbocycles. The molecule has 4 unspecified atom stereocenters. The molecule has 2 aliphatic carbocycles. The molecule has 3 aliphatic rings. The van der Waals surface area contributed by atoms with E-state index in [1.54, 1.807) is 0 Å². The van der Waals surface area contributed by atoms with Crippen molar-refractivity contribution in [2.75, 3.05) is 19.6 Å². The van der Waals surface area contributed by atoms with Crippen LogP contribution in [0.1, 0.15) is 58.3 Å². The predicted octanol–water partition coefficient (Wildman–Crippen LogP) is 2.33. The van der Waals surface area contributed by atoms with Crippen molar-refractivity contribution < 1.29 is 9.59 Å². The Bertz CT molecular complexity index is 464. The number of nitrogens with two attached hydrogens (primary N) is 1. The van der Waals surface area contributed by atoms with Gasteiger partial charge >= 0.3 is 0 Å². The van der Waals surface area contributed by atoms with E-state index in [-0.39, 0.29) is 42.1 Å². The van der Waals surface area contributed by atoms with E-state index in [0.717, 1.165) is 38.6 Å². The van der Waals surface area contributed by atoms with Gasteiger partial charge in [0.15, 0.2) is 0 Å². The third-order valence-electron chi connectivity index (χ3n) is 6.52. The number of unbranched alkanes of at least 4 members (excludes halogenated alkanes) is 2. The zero-order valence-corrected chi connectivity index (χ0v) is 16.2. The van der Waals surface area contributed by atoms with Crippen LogP contribution in [0.25, 0.3) is 0 Å². The fourth-order valence-electron chi connectivity index (χ4n) is 5.01. The highest BCUT2D eigenvalue weighted by Gasteiger charge is 2.50. The van der Waals surface area contributed by atoms with Crippen LogP contribution in [-0.2, 0) is 9.59 Å². The fraction of sp³-hybridized carbons (Fsp3) is 0.895. The van der Waals surface area contributed by atoms with Crippen LogP contribution >= 0.6 is 12.4 Å². The Morgan fingerprint density at radius 3 is 2.36 bits per heavy atom. The molecule has 6 heteroatoms. The lowest BCUT2D eigenvalue weighted by Gasteiger charge is -2.36. The van der Waals surface area contributed by atoms with Gasteiger partial charge in [-0.3, -0.25) is 9.59 Å². The van der Waals surface area contributed by atoms with Crippen molar-refractivity contribution in [3.05, 3.63) is 0 Å². The van der Waals surface area contributed by atoms with Crippen LogP contribution in [0.2, 0.25) is 0 Å². The van der Waals surface area contributed by atoms with Crippen molar-refractivity contribution in [3.63, 3.8) is 0 Å². The van der Waals surface area contributed by atoms with Crippen molar-refractivity contribution in [1.82, 2.24) is 10.2 Å². The van der Waals surface area contributed by atoms with E-state index >= 15 is 0 Å². The number of piperidine rings is 1. The summed E-state index contributed by atoms with van der Waals surface area (Å²) in [4.78, 5) is 27.1. The van der Waals surface area contributed by atoms with Gasteiger partial charge in [-0.2, -0.15) is 0 Å². The summed E-state index contributed by atoms with van der Waals surface area (Å²) in [5.74, 6) is 1.63. The van der Waals surface area contributed by atoms with E-state index in [9.17, 15) is 9.59 Å². The number of fused-ring (bicyclic) bond motifs is 2. The Balaban J connectivity index is 0.00000225. The minimum absolute atomic E-state index is 0. The van der Waals surface area contributed by atoms with Gasteiger partial charge in [0.1, 0.15) is 0 Å². The van der Waals surface area contributed by atoms with Crippen LogP contribution in [-0.4, -0.2) is 42.4 Å². The molecule has 0 spiro atoms. The van der Waals surface area contributed by atoms with E-state index in [4.69, 9.17) is 5.73 Å². The fourth-order valence-corrected chi connectivity index (χ4v) is 5.01. The number of hydrogen-bond donors (Lipinski definition) is 2. The number of nitrogens with one attached hydrogen (secondary N) is 1. The van der Waals surface area contributed by atoms with E-state index in [1.165, 1.54) is 19.3 Å². The smallest absolute Gasteiger partial charge is 0.227 e. The molecule has 3 rings (SSSR count). The molecule has 4 atom stereocenters. The highest BCUT2D eigenvalue weighted by Crippen LogP contribution is 2.48. The summed E-state index contributed by atoms with van der Waals surface area (Å²) in [6.45, 7) is 4.38. The lowest BCUT2D eigenvalue weighted by Crippen LogP contribution is -2.50. The number of halogens is 1. The van der Waals surface area contributed by atoms with Crippen molar-refractivity contribution in [2.45, 2.75) is 64.3 Å². The van der Waals surface area contributed by atoms with Crippen LogP contribution in [0.4, 0.5) is 0 Å². The molecule has 0 aromatic carbocycles. The van der Waals surface area contributed by atoms with E-state index in [0.29, 0.717) is 24.9 Å². The standard InChI is InChI=1S/C19H33N3O2.ClH/c1-2-3-4-9-21-18(23)13-7-10-22(11-8-13)19(24)16-14-5-6-15(12-14)17(16)20;/h13-17H,2-12,20H2,1H3,(H,21,23);1H. The molecule has 0 aromatic rings. The number of carbonyl (C=O) groups is 2. The van der Waals surface area contributed by atoms with Crippen molar-refractivity contribution in [2.24, 2.45) is 29.4 Å². The maximum Gasteiger partial charge on any atom is 0.227 e. The molecule has 144 valence electrons. The first-order chi connectivity index (χ1) is 11.6. The van der Waals surface area contributed by atoms with Gasteiger partial charge in [-0.25, -0.2) is 0 Å². The lowest BCUT2D eigenvalue weighted by molar-refractivity contribution is -0.141. The number of nitrogens with zero attached hydrogens (tertiary/aromatic N) is 1. The molecular weight excluding hydrogens is 338 g/mol. The summed E-state index contributed by atoms with van der Waals surface area (Å²) in [7, 11) is 0. The van der Waals surface area contributed by atoms with E-state index < -0.39 is 0 Å². The van der Waals surface area contributed by atoms with Gasteiger partial charge in [0.2, 0.25) is 11.8 Å². The first-order valence-corrected chi connectivity index (χ1v) is 9.94. The zero-order chi connectivity index (χ0) is 17.1. The van der Waals surface area contributed by atoms with Gasteiger partial charge in [-0.05, 0) is 50.4 Å². The number of rotatable bonds is 6. The van der Waals surface area contributed by atoms with Gasteiger partial charge in [-0.15, -0.1) is 12.4 Å². The molecule has 0 aromatic heterocycles. The number of likely N-dealkylation sites (tertiary alicyclic amines) is 1. The summed E-state index contributed by atoms with van der Waals surface area (Å²) in [5, 5.41) is 3.05. The summed E-state index contributed by atoms with van der Waals surface area (Å²) < 4.78 is 0. The molecule has 25 heavy (non-hydrogen) atoms. The second-order valence-corrected chi connectivity index (χ2v) is 8.03. The molecule has 1 aliphatic heterocycles. The molecular formula is C19H34ClN3O2. The molecule has 5 nitrogen and oxygen atoms in total.